The Kier molecular flexibility index (Phi) is 7.55. The molecule has 0 atom stereocenters. The summed E-state index contributed by atoms with van der Waals surface area (Å²) in [6, 6.07) is 0.194. The summed E-state index contributed by atoms with van der Waals surface area (Å²) in [5, 5.41) is 4.59. The molecule has 5 nitrogen and oxygen atoms in total. The second-order valence-electron chi connectivity index (χ2n) is 4.99. The number of oxime groups is 1. The molecule has 1 aliphatic rings. The van der Waals surface area contributed by atoms with Gasteiger partial charge in [-0.3, -0.25) is 9.83 Å². The molecule has 126 valence electrons. The standard InChI is InChI=1S/C11H16Cl3N3O2S3/c1-6(2)15-8-20-7(10(3,4)21-8)16-19-9(18)17(5)22-11(12,13)14/h6H,1-5H3. The van der Waals surface area contributed by atoms with Crippen molar-refractivity contribution in [2.45, 2.75) is 41.6 Å². The third kappa shape index (κ3) is 6.97. The quantitative estimate of drug-likeness (QED) is 0.264. The highest BCUT2D eigenvalue weighted by Gasteiger charge is 2.38. The zero-order chi connectivity index (χ0) is 17.1. The molecule has 1 amide bonds. The summed E-state index contributed by atoms with van der Waals surface area (Å²) in [6.45, 7) is 7.97. The van der Waals surface area contributed by atoms with Gasteiger partial charge in [-0.05, 0) is 39.5 Å². The van der Waals surface area contributed by atoms with Gasteiger partial charge >= 0.3 is 6.09 Å². The Morgan fingerprint density at radius 1 is 1.41 bits per heavy atom. The van der Waals surface area contributed by atoms with Crippen molar-refractivity contribution in [1.29, 1.82) is 0 Å². The van der Waals surface area contributed by atoms with E-state index in [4.69, 9.17) is 39.6 Å². The predicted molar refractivity (Wildman–Crippen MR) is 101 cm³/mol. The maximum atomic E-state index is 11.8. The Morgan fingerprint density at radius 2 is 2.00 bits per heavy atom. The fraction of sp³-hybridized carbons (Fsp3) is 0.727. The SMILES string of the molecule is CC(C)N=C1SC(=NOC(=O)N(C)SC(Cl)(Cl)Cl)C(C)(C)S1. The van der Waals surface area contributed by atoms with Gasteiger partial charge in [0, 0.05) is 25.0 Å². The number of nitrogens with zero attached hydrogens (tertiary/aromatic N) is 3. The van der Waals surface area contributed by atoms with Crippen LogP contribution in [0.25, 0.3) is 0 Å². The highest BCUT2D eigenvalue weighted by Crippen LogP contribution is 2.44. The van der Waals surface area contributed by atoms with Gasteiger partial charge in [0.1, 0.15) is 9.42 Å². The lowest BCUT2D eigenvalue weighted by Crippen LogP contribution is -2.25. The summed E-state index contributed by atoms with van der Waals surface area (Å²) in [4.78, 5) is 21.2. The van der Waals surface area contributed by atoms with Crippen molar-refractivity contribution in [3.8, 4) is 0 Å². The molecule has 0 aromatic heterocycles. The van der Waals surface area contributed by atoms with E-state index in [1.54, 1.807) is 11.8 Å². The summed E-state index contributed by atoms with van der Waals surface area (Å²) in [6.07, 6.45) is -0.723. The second kappa shape index (κ2) is 8.07. The van der Waals surface area contributed by atoms with Crippen LogP contribution >= 0.6 is 70.3 Å². The summed E-state index contributed by atoms with van der Waals surface area (Å²) in [5.41, 5.74) is 0. The summed E-state index contributed by atoms with van der Waals surface area (Å²) >= 11 is 20.5. The number of alkyl halides is 3. The van der Waals surface area contributed by atoms with Crippen LogP contribution in [0.3, 0.4) is 0 Å². The Bertz CT molecular complexity index is 493. The minimum absolute atomic E-state index is 0.194. The van der Waals surface area contributed by atoms with Crippen LogP contribution in [0.15, 0.2) is 10.1 Å². The molecule has 0 bridgehead atoms. The van der Waals surface area contributed by atoms with Crippen LogP contribution in [-0.4, -0.2) is 40.8 Å². The van der Waals surface area contributed by atoms with Gasteiger partial charge < -0.3 is 0 Å². The van der Waals surface area contributed by atoms with Gasteiger partial charge in [-0.1, -0.05) is 51.7 Å². The summed E-state index contributed by atoms with van der Waals surface area (Å²) in [7, 11) is 1.43. The van der Waals surface area contributed by atoms with Gasteiger partial charge in [0.2, 0.25) is 0 Å². The van der Waals surface area contributed by atoms with Crippen molar-refractivity contribution in [2.75, 3.05) is 7.05 Å². The van der Waals surface area contributed by atoms with Gasteiger partial charge in [0.25, 0.3) is 3.12 Å². The summed E-state index contributed by atoms with van der Waals surface area (Å²) in [5.74, 6) is 0. The van der Waals surface area contributed by atoms with Crippen molar-refractivity contribution < 1.29 is 9.63 Å². The molecule has 0 saturated carbocycles. The minimum Gasteiger partial charge on any atom is -0.296 e. The van der Waals surface area contributed by atoms with Crippen molar-refractivity contribution in [3.63, 3.8) is 0 Å². The molecule has 0 aromatic rings. The average Bonchev–Trinajstić information content (AvgIpc) is 2.57. The Balaban J connectivity index is 2.71. The van der Waals surface area contributed by atoms with Crippen LogP contribution in [0.1, 0.15) is 27.7 Å². The average molecular weight is 425 g/mol. The van der Waals surface area contributed by atoms with Crippen LogP contribution in [0.2, 0.25) is 0 Å². The summed E-state index contributed by atoms with van der Waals surface area (Å²) < 4.78 is 0.0215. The van der Waals surface area contributed by atoms with Crippen molar-refractivity contribution >= 4 is 85.8 Å². The molecule has 0 aliphatic carbocycles. The lowest BCUT2D eigenvalue weighted by atomic mass is 10.2. The lowest BCUT2D eigenvalue weighted by Gasteiger charge is -2.18. The van der Waals surface area contributed by atoms with E-state index in [-0.39, 0.29) is 10.8 Å². The lowest BCUT2D eigenvalue weighted by molar-refractivity contribution is 0.137. The van der Waals surface area contributed by atoms with Gasteiger partial charge in [0.05, 0.1) is 4.75 Å². The third-order valence-corrected chi connectivity index (χ3v) is 6.03. The Labute approximate surface area is 158 Å². The van der Waals surface area contributed by atoms with Crippen LogP contribution < -0.4 is 0 Å². The number of carbonyl (C=O) groups is 1. The number of rotatable bonds is 3. The first-order valence-corrected chi connectivity index (χ1v) is 9.68. The van der Waals surface area contributed by atoms with E-state index in [1.807, 2.05) is 27.7 Å². The van der Waals surface area contributed by atoms with Crippen LogP contribution in [0.5, 0.6) is 0 Å². The number of thioether (sulfide) groups is 2. The molecule has 0 spiro atoms. The van der Waals surface area contributed by atoms with E-state index < -0.39 is 9.22 Å². The van der Waals surface area contributed by atoms with Gasteiger partial charge in [0.15, 0.2) is 0 Å². The van der Waals surface area contributed by atoms with Gasteiger partial charge in [-0.15, -0.1) is 0 Å². The van der Waals surface area contributed by atoms with E-state index >= 15 is 0 Å². The molecular weight excluding hydrogens is 409 g/mol. The highest BCUT2D eigenvalue weighted by molar-refractivity contribution is 8.50. The molecule has 1 saturated heterocycles. The first kappa shape index (κ1) is 20.6. The van der Waals surface area contributed by atoms with Gasteiger partial charge in [-0.25, -0.2) is 9.10 Å². The molecule has 0 aromatic carbocycles. The molecule has 11 heteroatoms. The number of amides is 1. The van der Waals surface area contributed by atoms with E-state index in [0.29, 0.717) is 17.0 Å². The normalized spacial score (nSPS) is 21.7. The van der Waals surface area contributed by atoms with E-state index in [9.17, 15) is 4.79 Å². The first-order valence-electron chi connectivity index (χ1n) is 6.14. The molecule has 22 heavy (non-hydrogen) atoms. The number of carbonyl (C=O) groups excluding carboxylic acids is 1. The fourth-order valence-corrected chi connectivity index (χ4v) is 5.41. The van der Waals surface area contributed by atoms with E-state index in [2.05, 4.69) is 10.1 Å². The maximum Gasteiger partial charge on any atom is 0.445 e. The second-order valence-corrected chi connectivity index (χ2v) is 12.1. The van der Waals surface area contributed by atoms with Gasteiger partial charge in [-0.2, -0.15) is 0 Å². The van der Waals surface area contributed by atoms with Crippen molar-refractivity contribution in [2.24, 2.45) is 10.1 Å². The van der Waals surface area contributed by atoms with Crippen LogP contribution in [-0.2, 0) is 4.84 Å². The minimum atomic E-state index is -1.64. The molecule has 1 fully saturated rings. The molecule has 1 rings (SSSR count). The zero-order valence-corrected chi connectivity index (χ0v) is 17.3. The molecule has 1 heterocycles. The molecule has 1 aliphatic heterocycles. The van der Waals surface area contributed by atoms with Crippen LogP contribution in [0, 0.1) is 0 Å². The van der Waals surface area contributed by atoms with E-state index in [1.165, 1.54) is 18.8 Å². The molecule has 0 unspecified atom stereocenters. The fourth-order valence-electron chi connectivity index (χ4n) is 1.21. The van der Waals surface area contributed by atoms with E-state index in [0.717, 1.165) is 8.68 Å². The van der Waals surface area contributed by atoms with Crippen molar-refractivity contribution in [1.82, 2.24) is 4.31 Å². The smallest absolute Gasteiger partial charge is 0.296 e. The number of halogens is 3. The maximum absolute atomic E-state index is 11.8. The largest absolute Gasteiger partial charge is 0.445 e. The topological polar surface area (TPSA) is 54.3 Å². The number of hydrogen-bond donors (Lipinski definition) is 0. The molecular formula is C11H16Cl3N3O2S3. The Morgan fingerprint density at radius 3 is 2.50 bits per heavy atom. The first-order chi connectivity index (χ1) is 9.90. The zero-order valence-electron chi connectivity index (χ0n) is 12.6. The third-order valence-electron chi connectivity index (χ3n) is 2.11. The molecule has 0 N–H and O–H groups in total. The molecule has 0 radical (unpaired) electrons. The van der Waals surface area contributed by atoms with Crippen molar-refractivity contribution in [3.05, 3.63) is 0 Å². The monoisotopic (exact) mass is 423 g/mol. The Hall–Kier alpha value is 0.530. The highest BCUT2D eigenvalue weighted by atomic mass is 35.6. The number of aliphatic imine (C=N–C) groups is 1. The predicted octanol–water partition coefficient (Wildman–Crippen LogP) is 5.37. The van der Waals surface area contributed by atoms with Crippen LogP contribution in [0.4, 0.5) is 4.79 Å². The number of hydrogen-bond acceptors (Lipinski definition) is 7.